The summed E-state index contributed by atoms with van der Waals surface area (Å²) < 4.78 is 2.25. The van der Waals surface area contributed by atoms with E-state index in [9.17, 15) is 0 Å². The second kappa shape index (κ2) is 7.55. The zero-order chi connectivity index (χ0) is 10.8. The van der Waals surface area contributed by atoms with E-state index in [4.69, 9.17) is 0 Å². The Kier molecular flexibility index (Phi) is 7.61. The predicted octanol–water partition coefficient (Wildman–Crippen LogP) is 3.27. The molecule has 1 radical (unpaired) electrons. The molecule has 1 aliphatic heterocycles. The van der Waals surface area contributed by atoms with Crippen LogP contribution in [0.2, 0.25) is 0 Å². The van der Waals surface area contributed by atoms with Gasteiger partial charge in [-0.05, 0) is 19.1 Å². The van der Waals surface area contributed by atoms with Gasteiger partial charge in [-0.2, -0.15) is 0 Å². The largest absolute Gasteiger partial charge is 0.358 e. The van der Waals surface area contributed by atoms with E-state index in [0.29, 0.717) is 5.92 Å². The molecular weight excluding hydrogens is 305 g/mol. The summed E-state index contributed by atoms with van der Waals surface area (Å²) in [5.41, 5.74) is 1.86. The quantitative estimate of drug-likeness (QED) is 0.725. The van der Waals surface area contributed by atoms with Crippen LogP contribution in [0.4, 0.5) is 0 Å². The molecule has 0 saturated carbocycles. The van der Waals surface area contributed by atoms with Crippen molar-refractivity contribution in [1.29, 1.82) is 0 Å². The maximum Gasteiger partial charge on any atom is 0.133 e. The van der Waals surface area contributed by atoms with Crippen LogP contribution in [0.3, 0.4) is 0 Å². The van der Waals surface area contributed by atoms with Crippen LogP contribution in [0.25, 0.3) is 0 Å². The Morgan fingerprint density at radius 1 is 1.59 bits per heavy atom. The second-order valence-corrected chi connectivity index (χ2v) is 4.84. The fraction of sp³-hybridized carbons (Fsp3) is 0.308. The van der Waals surface area contributed by atoms with Gasteiger partial charge in [0.1, 0.15) is 5.49 Å². The Labute approximate surface area is 133 Å². The summed E-state index contributed by atoms with van der Waals surface area (Å²) in [6, 6.07) is 6.21. The average Bonchev–Trinajstić information content (AvgIpc) is 2.18. The topological polar surface area (TPSA) is 17.3 Å². The van der Waals surface area contributed by atoms with E-state index < -0.39 is 0 Å². The molecule has 0 spiro atoms. The third kappa shape index (κ3) is 4.38. The zero-order valence-corrected chi connectivity index (χ0v) is 14.3. The Morgan fingerprint density at radius 2 is 2.29 bits per heavy atom. The van der Waals surface area contributed by atoms with Gasteiger partial charge in [-0.1, -0.05) is 19.6 Å². The number of thioether (sulfide) groups is 1. The molecule has 0 N–H and O–H groups in total. The van der Waals surface area contributed by atoms with Gasteiger partial charge in [-0.3, -0.25) is 17.5 Å². The number of hydrogen-bond acceptors (Lipinski definition) is 2. The number of fused-ring (bicyclic) bond motifs is 1. The third-order valence-electron chi connectivity index (χ3n) is 2.22. The van der Waals surface area contributed by atoms with Gasteiger partial charge < -0.3 is 12.0 Å². The van der Waals surface area contributed by atoms with E-state index in [0.717, 1.165) is 17.7 Å². The van der Waals surface area contributed by atoms with Crippen molar-refractivity contribution in [2.75, 3.05) is 0 Å². The molecule has 0 bridgehead atoms. The third-order valence-corrected chi connectivity index (χ3v) is 3.42. The van der Waals surface area contributed by atoms with Crippen molar-refractivity contribution in [2.45, 2.75) is 25.4 Å². The van der Waals surface area contributed by atoms with Gasteiger partial charge in [0.05, 0.1) is 0 Å². The van der Waals surface area contributed by atoms with Crippen molar-refractivity contribution in [3.8, 4) is 0 Å². The molecule has 1 aliphatic rings. The Balaban J connectivity index is 0.00000128. The van der Waals surface area contributed by atoms with Crippen LogP contribution in [0.15, 0.2) is 40.5 Å². The molecule has 2 heterocycles. The zero-order valence-electron chi connectivity index (χ0n) is 10.7. The van der Waals surface area contributed by atoms with E-state index in [1.165, 1.54) is 5.03 Å². The summed E-state index contributed by atoms with van der Waals surface area (Å²) in [5.74, 6) is 2.87. The second-order valence-electron chi connectivity index (χ2n) is 3.91. The van der Waals surface area contributed by atoms with Crippen LogP contribution in [-0.2, 0) is 39.3 Å². The number of rotatable bonds is 1. The Morgan fingerprint density at radius 3 is 2.94 bits per heavy atom. The number of nitrogens with zero attached hydrogens (tertiary/aromatic N) is 2. The van der Waals surface area contributed by atoms with Crippen LogP contribution < -0.4 is 5.49 Å². The van der Waals surface area contributed by atoms with E-state index in [2.05, 4.69) is 34.9 Å². The summed E-state index contributed by atoms with van der Waals surface area (Å²) in [7, 11) is 0. The van der Waals surface area contributed by atoms with Crippen LogP contribution in [0.5, 0.6) is 0 Å². The van der Waals surface area contributed by atoms with Gasteiger partial charge in [-0.15, -0.1) is 5.92 Å². The van der Waals surface area contributed by atoms with Crippen LogP contribution in [-0.4, -0.2) is 4.57 Å². The molecule has 0 aromatic carbocycles. The first-order valence-electron chi connectivity index (χ1n) is 5.07. The van der Waals surface area contributed by atoms with Crippen molar-refractivity contribution in [1.82, 2.24) is 4.57 Å². The Bertz CT molecular complexity index is 451. The molecule has 2 rings (SSSR count). The van der Waals surface area contributed by atoms with E-state index in [1.54, 1.807) is 11.8 Å². The molecule has 17 heavy (non-hydrogen) atoms. The van der Waals surface area contributed by atoms with Gasteiger partial charge in [0.25, 0.3) is 0 Å². The fourth-order valence-corrected chi connectivity index (χ4v) is 2.52. The van der Waals surface area contributed by atoms with E-state index >= 15 is 0 Å². The normalized spacial score (nSPS) is 18.7. The molecule has 1 aromatic heterocycles. The maximum absolute atomic E-state index is 4.45. The maximum atomic E-state index is 4.45. The molecule has 0 aliphatic carbocycles. The van der Waals surface area contributed by atoms with E-state index in [1.807, 2.05) is 19.1 Å². The molecule has 4 heteroatoms. The van der Waals surface area contributed by atoms with Crippen molar-refractivity contribution in [3.63, 3.8) is 0 Å². The number of hydrogen-bond donors (Lipinski definition) is 0. The minimum absolute atomic E-state index is 0. The minimum atomic E-state index is 0. The molecule has 1 unspecified atom stereocenters. The Hall–Kier alpha value is 0.144. The summed E-state index contributed by atoms with van der Waals surface area (Å²) in [6.07, 6.45) is 0. The SMILES string of the molecule is C=C(C)N=c1cccc2n1CC(C)[CH-]S2.[CH3-].[Y]. The standard InChI is InChI=1S/C12H15N2S.CH3.Y/c1-9(2)13-11-5-4-6-12-14(11)7-10(3)8-15-12;;/h4-6,8,10H,1,7H2,2-3H3;1H3;/q2*-1;. The van der Waals surface area contributed by atoms with E-state index in [-0.39, 0.29) is 40.1 Å². The van der Waals surface area contributed by atoms with Crippen molar-refractivity contribution < 1.29 is 32.7 Å². The van der Waals surface area contributed by atoms with Crippen molar-refractivity contribution >= 4 is 11.8 Å². The molecule has 0 amide bonds. The van der Waals surface area contributed by atoms with Crippen LogP contribution in [0.1, 0.15) is 13.8 Å². The van der Waals surface area contributed by atoms with Crippen LogP contribution >= 0.6 is 11.8 Å². The van der Waals surface area contributed by atoms with Crippen molar-refractivity contribution in [3.05, 3.63) is 49.1 Å². The first kappa shape index (κ1) is 17.1. The van der Waals surface area contributed by atoms with Gasteiger partial charge in [0.15, 0.2) is 0 Å². The average molecular weight is 323 g/mol. The predicted molar refractivity (Wildman–Crippen MR) is 70.5 cm³/mol. The molecule has 1 atom stereocenters. The van der Waals surface area contributed by atoms with Crippen molar-refractivity contribution in [2.24, 2.45) is 10.9 Å². The monoisotopic (exact) mass is 323 g/mol. The summed E-state index contributed by atoms with van der Waals surface area (Å²) in [5, 5.41) is 1.26. The minimum Gasteiger partial charge on any atom is -0.358 e. The van der Waals surface area contributed by atoms with Gasteiger partial charge in [-0.25, -0.2) is 4.99 Å². The molecule has 0 saturated heterocycles. The van der Waals surface area contributed by atoms with Crippen LogP contribution in [0, 0.1) is 19.1 Å². The fourth-order valence-electron chi connectivity index (χ4n) is 1.61. The number of allylic oxidation sites excluding steroid dienone is 1. The molecule has 2 nitrogen and oxygen atoms in total. The molecular formula is C13H18N2SY-2. The smallest absolute Gasteiger partial charge is 0.133 e. The van der Waals surface area contributed by atoms with Gasteiger partial charge >= 0.3 is 0 Å². The molecule has 91 valence electrons. The number of pyridine rings is 1. The van der Waals surface area contributed by atoms with Gasteiger partial charge in [0, 0.05) is 50.0 Å². The summed E-state index contributed by atoms with van der Waals surface area (Å²) >= 11 is 1.79. The first-order chi connectivity index (χ1) is 7.16. The summed E-state index contributed by atoms with van der Waals surface area (Å²) in [6.45, 7) is 8.98. The van der Waals surface area contributed by atoms with Gasteiger partial charge in [0.2, 0.25) is 0 Å². The number of aromatic nitrogens is 1. The summed E-state index contributed by atoms with van der Waals surface area (Å²) in [4.78, 5) is 4.45. The molecule has 1 aromatic rings. The molecule has 0 fully saturated rings. The first-order valence-corrected chi connectivity index (χ1v) is 5.95.